The Labute approximate surface area is 174 Å². The first-order valence-corrected chi connectivity index (χ1v) is 11.5. The average Bonchev–Trinajstić information content (AvgIpc) is 3.54. The van der Waals surface area contributed by atoms with Gasteiger partial charge in [-0.15, -0.1) is 0 Å². The van der Waals surface area contributed by atoms with Crippen molar-refractivity contribution in [2.24, 2.45) is 5.92 Å². The highest BCUT2D eigenvalue weighted by Gasteiger charge is 2.33. The molecule has 0 amide bonds. The summed E-state index contributed by atoms with van der Waals surface area (Å²) < 4.78 is 32.9. The molecule has 1 saturated carbocycles. The van der Waals surface area contributed by atoms with Gasteiger partial charge in [0.25, 0.3) is 0 Å². The number of nitrogens with zero attached hydrogens (tertiary/aromatic N) is 4. The number of aliphatic hydroxyl groups is 1. The third-order valence-corrected chi connectivity index (χ3v) is 7.73. The lowest BCUT2D eigenvalue weighted by atomic mass is 10.0. The summed E-state index contributed by atoms with van der Waals surface area (Å²) in [5.74, 6) is 1.03. The van der Waals surface area contributed by atoms with Crippen molar-refractivity contribution in [3.63, 3.8) is 0 Å². The third kappa shape index (κ3) is 3.42. The Morgan fingerprint density at radius 3 is 2.57 bits per heavy atom. The minimum atomic E-state index is -3.69. The zero-order chi connectivity index (χ0) is 20.7. The minimum Gasteiger partial charge on any atom is -0.445 e. The second-order valence-corrected chi connectivity index (χ2v) is 9.76. The van der Waals surface area contributed by atoms with Crippen LogP contribution in [0.3, 0.4) is 0 Å². The van der Waals surface area contributed by atoms with Crippen LogP contribution in [0.1, 0.15) is 48.9 Å². The van der Waals surface area contributed by atoms with E-state index < -0.39 is 16.1 Å². The van der Waals surface area contributed by atoms with E-state index in [1.807, 2.05) is 0 Å². The predicted octanol–water partition coefficient (Wildman–Crippen LogP) is 3.06. The molecular weight excluding hydrogens is 404 g/mol. The van der Waals surface area contributed by atoms with Gasteiger partial charge in [0.05, 0.1) is 23.3 Å². The molecule has 3 aromatic rings. The fourth-order valence-corrected chi connectivity index (χ4v) is 5.60. The number of fused-ring (bicyclic) bond motifs is 1. The van der Waals surface area contributed by atoms with Gasteiger partial charge in [0.1, 0.15) is 12.4 Å². The first kappa shape index (κ1) is 19.3. The van der Waals surface area contributed by atoms with Crippen LogP contribution in [0.25, 0.3) is 11.5 Å². The van der Waals surface area contributed by atoms with Crippen LogP contribution in [0.4, 0.5) is 0 Å². The van der Waals surface area contributed by atoms with Crippen molar-refractivity contribution in [3.05, 3.63) is 60.0 Å². The molecule has 0 bridgehead atoms. The van der Waals surface area contributed by atoms with E-state index in [0.29, 0.717) is 23.0 Å². The van der Waals surface area contributed by atoms with Crippen LogP contribution in [0, 0.1) is 5.92 Å². The summed E-state index contributed by atoms with van der Waals surface area (Å²) in [6, 6.07) is 6.47. The number of rotatable bonds is 5. The lowest BCUT2D eigenvalue weighted by molar-refractivity contribution is 0.102. The Balaban J connectivity index is 1.35. The van der Waals surface area contributed by atoms with Gasteiger partial charge in [-0.05, 0) is 43.0 Å². The van der Waals surface area contributed by atoms with E-state index in [2.05, 4.69) is 15.0 Å². The van der Waals surface area contributed by atoms with Crippen molar-refractivity contribution >= 4 is 10.0 Å². The van der Waals surface area contributed by atoms with Crippen molar-refractivity contribution in [1.82, 2.24) is 19.3 Å². The molecule has 1 aliphatic heterocycles. The molecule has 2 aromatic heterocycles. The molecule has 156 valence electrons. The fourth-order valence-electron chi connectivity index (χ4n) is 4.22. The second kappa shape index (κ2) is 7.57. The molecular formula is C21H22N4O4S. The van der Waals surface area contributed by atoms with E-state index in [1.54, 1.807) is 36.7 Å². The smallest absolute Gasteiger partial charge is 0.243 e. The lowest BCUT2D eigenvalue weighted by Crippen LogP contribution is -2.25. The third-order valence-electron chi connectivity index (χ3n) is 5.93. The number of sulfonamides is 1. The lowest BCUT2D eigenvalue weighted by Gasteiger charge is -2.16. The molecule has 0 radical (unpaired) electrons. The van der Waals surface area contributed by atoms with Crippen LogP contribution in [0.15, 0.2) is 52.2 Å². The zero-order valence-electron chi connectivity index (χ0n) is 16.3. The van der Waals surface area contributed by atoms with Crippen molar-refractivity contribution in [1.29, 1.82) is 0 Å². The summed E-state index contributed by atoms with van der Waals surface area (Å²) in [5.41, 5.74) is 2.15. The molecule has 3 heterocycles. The standard InChI is InChI=1S/C21H22N4O4S/c26-19(14-3-1-2-4-14)20-23-11-16-12-25(13-18(16)24-20)30(27,28)17-7-5-15(6-8-17)21-22-9-10-29-21/h5-11,14,19,26H,1-4,12-13H2. The number of hydrogen-bond acceptors (Lipinski definition) is 7. The maximum atomic E-state index is 13.1. The van der Waals surface area contributed by atoms with Crippen LogP contribution in [-0.4, -0.2) is 32.8 Å². The second-order valence-electron chi connectivity index (χ2n) is 7.82. The topological polar surface area (TPSA) is 109 Å². The average molecular weight is 426 g/mol. The van der Waals surface area contributed by atoms with Crippen molar-refractivity contribution in [2.75, 3.05) is 0 Å². The first-order chi connectivity index (χ1) is 14.5. The summed E-state index contributed by atoms with van der Waals surface area (Å²) >= 11 is 0. The summed E-state index contributed by atoms with van der Waals surface area (Å²) in [6.07, 6.45) is 8.17. The summed E-state index contributed by atoms with van der Waals surface area (Å²) in [6.45, 7) is 0.394. The first-order valence-electron chi connectivity index (χ1n) is 10.1. The maximum Gasteiger partial charge on any atom is 0.243 e. The molecule has 2 aliphatic rings. The van der Waals surface area contributed by atoms with Crippen molar-refractivity contribution in [3.8, 4) is 11.5 Å². The Hall–Kier alpha value is -2.62. The molecule has 1 fully saturated rings. The van der Waals surface area contributed by atoms with Gasteiger partial charge in [-0.3, -0.25) is 0 Å². The Kier molecular flexibility index (Phi) is 4.88. The fraction of sp³-hybridized carbons (Fsp3) is 0.381. The van der Waals surface area contributed by atoms with Crippen LogP contribution >= 0.6 is 0 Å². The molecule has 0 spiro atoms. The van der Waals surface area contributed by atoms with Crippen molar-refractivity contribution in [2.45, 2.75) is 49.8 Å². The molecule has 1 unspecified atom stereocenters. The van der Waals surface area contributed by atoms with Gasteiger partial charge in [-0.2, -0.15) is 4.31 Å². The molecule has 1 aliphatic carbocycles. The van der Waals surface area contributed by atoms with Gasteiger partial charge < -0.3 is 9.52 Å². The Morgan fingerprint density at radius 1 is 1.10 bits per heavy atom. The highest BCUT2D eigenvalue weighted by atomic mass is 32.2. The normalized spacial score (nSPS) is 18.6. The van der Waals surface area contributed by atoms with Crippen molar-refractivity contribution < 1.29 is 17.9 Å². The van der Waals surface area contributed by atoms with Gasteiger partial charge in [0.2, 0.25) is 15.9 Å². The molecule has 9 heteroatoms. The van der Waals surface area contributed by atoms with E-state index in [4.69, 9.17) is 4.42 Å². The van der Waals surface area contributed by atoms with Crippen LogP contribution in [0.5, 0.6) is 0 Å². The zero-order valence-corrected chi connectivity index (χ0v) is 17.1. The monoisotopic (exact) mass is 426 g/mol. The molecule has 1 atom stereocenters. The maximum absolute atomic E-state index is 13.1. The number of aliphatic hydroxyl groups excluding tert-OH is 1. The van der Waals surface area contributed by atoms with Gasteiger partial charge in [0.15, 0.2) is 5.82 Å². The summed E-state index contributed by atoms with van der Waals surface area (Å²) in [7, 11) is -3.69. The number of oxazole rings is 1. The van der Waals surface area contributed by atoms with E-state index >= 15 is 0 Å². The van der Waals surface area contributed by atoms with E-state index in [-0.39, 0.29) is 23.9 Å². The van der Waals surface area contributed by atoms with Crippen LogP contribution in [0.2, 0.25) is 0 Å². The summed E-state index contributed by atoms with van der Waals surface area (Å²) in [4.78, 5) is 13.1. The predicted molar refractivity (Wildman–Crippen MR) is 107 cm³/mol. The Morgan fingerprint density at radius 2 is 1.87 bits per heavy atom. The largest absolute Gasteiger partial charge is 0.445 e. The molecule has 5 rings (SSSR count). The van der Waals surface area contributed by atoms with Gasteiger partial charge in [-0.25, -0.2) is 23.4 Å². The van der Waals surface area contributed by atoms with Crippen LogP contribution < -0.4 is 0 Å². The van der Waals surface area contributed by atoms with E-state index in [9.17, 15) is 13.5 Å². The quantitative estimate of drug-likeness (QED) is 0.668. The highest BCUT2D eigenvalue weighted by molar-refractivity contribution is 7.89. The Bertz CT molecular complexity index is 1140. The number of aromatic nitrogens is 3. The van der Waals surface area contributed by atoms with E-state index in [1.165, 1.54) is 10.6 Å². The highest BCUT2D eigenvalue weighted by Crippen LogP contribution is 2.35. The molecule has 1 aromatic carbocycles. The minimum absolute atomic E-state index is 0.173. The number of hydrogen-bond donors (Lipinski definition) is 1. The van der Waals surface area contributed by atoms with Gasteiger partial charge in [-0.1, -0.05) is 12.8 Å². The molecule has 8 nitrogen and oxygen atoms in total. The SMILES string of the molecule is O=S(=O)(c1ccc(-c2ncco2)cc1)N1Cc2cnc(C(O)C3CCCC3)nc2C1. The number of benzene rings is 1. The van der Waals surface area contributed by atoms with Gasteiger partial charge in [0, 0.05) is 23.9 Å². The molecule has 30 heavy (non-hydrogen) atoms. The van der Waals surface area contributed by atoms with Crippen LogP contribution in [-0.2, 0) is 23.1 Å². The summed E-state index contributed by atoms with van der Waals surface area (Å²) in [5, 5.41) is 10.6. The molecule has 0 saturated heterocycles. The van der Waals surface area contributed by atoms with Gasteiger partial charge >= 0.3 is 0 Å². The molecule has 1 N–H and O–H groups in total. The van der Waals surface area contributed by atoms with E-state index in [0.717, 1.165) is 31.2 Å².